The topological polar surface area (TPSA) is 58.1 Å². The van der Waals surface area contributed by atoms with Gasteiger partial charge in [-0.05, 0) is 43.5 Å². The van der Waals surface area contributed by atoms with Crippen LogP contribution in [0.4, 0.5) is 5.82 Å². The highest BCUT2D eigenvalue weighted by Gasteiger charge is 2.28. The van der Waals surface area contributed by atoms with Gasteiger partial charge in [0.1, 0.15) is 5.03 Å². The monoisotopic (exact) mass is 452 g/mol. The van der Waals surface area contributed by atoms with Crippen LogP contribution in [0.15, 0.2) is 70.8 Å². The van der Waals surface area contributed by atoms with E-state index in [2.05, 4.69) is 51.4 Å². The molecule has 0 unspecified atom stereocenters. The summed E-state index contributed by atoms with van der Waals surface area (Å²) in [5, 5.41) is 4.59. The summed E-state index contributed by atoms with van der Waals surface area (Å²) in [5.74, 6) is 0.813. The third-order valence-corrected chi connectivity index (χ3v) is 6.74. The van der Waals surface area contributed by atoms with Gasteiger partial charge in [0.15, 0.2) is 5.82 Å². The number of aryl methyl sites for hydroxylation is 1. The highest BCUT2D eigenvalue weighted by molar-refractivity contribution is 7.99. The molecule has 1 fully saturated rings. The summed E-state index contributed by atoms with van der Waals surface area (Å²) >= 11 is 7.82. The van der Waals surface area contributed by atoms with E-state index >= 15 is 0 Å². The van der Waals surface area contributed by atoms with Crippen molar-refractivity contribution in [3.8, 4) is 0 Å². The Labute approximate surface area is 192 Å². The lowest BCUT2D eigenvalue weighted by atomic mass is 9.97. The summed E-state index contributed by atoms with van der Waals surface area (Å²) in [5.41, 5.74) is 2.15. The van der Waals surface area contributed by atoms with Crippen molar-refractivity contribution in [3.63, 3.8) is 0 Å². The number of benzene rings is 2. The predicted octanol–water partition coefficient (Wildman–Crippen LogP) is 5.12. The number of halogens is 1. The number of carbonyl (C=O) groups is 1. The van der Waals surface area contributed by atoms with Crippen LogP contribution in [-0.2, 0) is 11.3 Å². The molecule has 5 nitrogen and oxygen atoms in total. The van der Waals surface area contributed by atoms with Gasteiger partial charge in [0.05, 0.1) is 5.92 Å². The van der Waals surface area contributed by atoms with Gasteiger partial charge in [-0.1, -0.05) is 59.3 Å². The molecule has 2 heterocycles. The van der Waals surface area contributed by atoms with Crippen molar-refractivity contribution >= 4 is 35.1 Å². The molecule has 160 valence electrons. The SMILES string of the molecule is Cc1ccc(Sc2nccnc2N2CCC[C@@H](C(=O)NCc3ccccc3Cl)C2)cc1. The normalized spacial score (nSPS) is 16.2. The van der Waals surface area contributed by atoms with Gasteiger partial charge < -0.3 is 10.2 Å². The maximum absolute atomic E-state index is 12.8. The summed E-state index contributed by atoms with van der Waals surface area (Å²) < 4.78 is 0. The summed E-state index contributed by atoms with van der Waals surface area (Å²) in [6, 6.07) is 16.0. The zero-order chi connectivity index (χ0) is 21.6. The number of rotatable bonds is 6. The summed E-state index contributed by atoms with van der Waals surface area (Å²) in [7, 11) is 0. The fourth-order valence-electron chi connectivity index (χ4n) is 3.68. The van der Waals surface area contributed by atoms with Gasteiger partial charge in [-0.2, -0.15) is 0 Å². The second kappa shape index (κ2) is 10.2. The molecule has 7 heteroatoms. The first-order valence-corrected chi connectivity index (χ1v) is 11.6. The molecule has 3 aromatic rings. The molecule has 2 aromatic carbocycles. The second-order valence-corrected chi connectivity index (χ2v) is 9.16. The smallest absolute Gasteiger partial charge is 0.225 e. The van der Waals surface area contributed by atoms with Crippen LogP contribution in [-0.4, -0.2) is 29.0 Å². The quantitative estimate of drug-likeness (QED) is 0.562. The molecule has 4 rings (SSSR count). The Kier molecular flexibility index (Phi) is 7.10. The second-order valence-electron chi connectivity index (χ2n) is 7.69. The fourth-order valence-corrected chi connectivity index (χ4v) is 4.76. The van der Waals surface area contributed by atoms with Gasteiger partial charge in [0.25, 0.3) is 0 Å². The Balaban J connectivity index is 1.43. The summed E-state index contributed by atoms with van der Waals surface area (Å²) in [4.78, 5) is 25.3. The number of aromatic nitrogens is 2. The van der Waals surface area contributed by atoms with E-state index < -0.39 is 0 Å². The van der Waals surface area contributed by atoms with Crippen LogP contribution in [0, 0.1) is 12.8 Å². The Morgan fingerprint density at radius 2 is 1.94 bits per heavy atom. The van der Waals surface area contributed by atoms with Crippen molar-refractivity contribution in [1.29, 1.82) is 0 Å². The molecule has 1 aliphatic rings. The number of nitrogens with one attached hydrogen (secondary N) is 1. The Morgan fingerprint density at radius 3 is 2.74 bits per heavy atom. The number of nitrogens with zero attached hydrogens (tertiary/aromatic N) is 3. The van der Waals surface area contributed by atoms with Crippen LogP contribution in [0.5, 0.6) is 0 Å². The average Bonchev–Trinajstić information content (AvgIpc) is 2.80. The van der Waals surface area contributed by atoms with E-state index in [-0.39, 0.29) is 11.8 Å². The van der Waals surface area contributed by atoms with Gasteiger partial charge in [-0.3, -0.25) is 4.79 Å². The summed E-state index contributed by atoms with van der Waals surface area (Å²) in [6.45, 7) is 4.02. The molecule has 0 spiro atoms. The van der Waals surface area contributed by atoms with Crippen molar-refractivity contribution in [2.24, 2.45) is 5.92 Å². The highest BCUT2D eigenvalue weighted by Crippen LogP contribution is 2.34. The van der Waals surface area contributed by atoms with Crippen LogP contribution < -0.4 is 10.2 Å². The molecule has 31 heavy (non-hydrogen) atoms. The minimum absolute atomic E-state index is 0.0567. The predicted molar refractivity (Wildman–Crippen MR) is 126 cm³/mol. The standard InChI is InChI=1S/C24H25ClN4OS/c1-17-8-10-20(11-9-17)31-24-22(26-12-13-27-24)29-14-4-6-19(16-29)23(30)28-15-18-5-2-3-7-21(18)25/h2-3,5,7-13,19H,4,6,14-16H2,1H3,(H,28,30)/t19-/m1/s1. The zero-order valence-corrected chi connectivity index (χ0v) is 19.0. The van der Waals surface area contributed by atoms with Crippen LogP contribution in [0.3, 0.4) is 0 Å². The van der Waals surface area contributed by atoms with Crippen molar-refractivity contribution in [2.45, 2.75) is 36.2 Å². The number of piperidine rings is 1. The van der Waals surface area contributed by atoms with Crippen molar-refractivity contribution < 1.29 is 4.79 Å². The van der Waals surface area contributed by atoms with Crippen molar-refractivity contribution in [2.75, 3.05) is 18.0 Å². The van der Waals surface area contributed by atoms with E-state index in [0.29, 0.717) is 18.1 Å². The molecular weight excluding hydrogens is 428 g/mol. The van der Waals surface area contributed by atoms with E-state index in [0.717, 1.165) is 40.7 Å². The van der Waals surface area contributed by atoms with E-state index in [4.69, 9.17) is 11.6 Å². The average molecular weight is 453 g/mol. The van der Waals surface area contributed by atoms with E-state index in [1.165, 1.54) is 5.56 Å². The van der Waals surface area contributed by atoms with E-state index in [1.807, 2.05) is 24.3 Å². The number of amides is 1. The number of hydrogen-bond donors (Lipinski definition) is 1. The van der Waals surface area contributed by atoms with E-state index in [1.54, 1.807) is 24.2 Å². The number of anilines is 1. The fraction of sp³-hybridized carbons (Fsp3) is 0.292. The molecule has 0 radical (unpaired) electrons. The Hall–Kier alpha value is -2.57. The first-order chi connectivity index (χ1) is 15.1. The highest BCUT2D eigenvalue weighted by atomic mass is 35.5. The summed E-state index contributed by atoms with van der Waals surface area (Å²) in [6.07, 6.45) is 5.24. The maximum atomic E-state index is 12.8. The zero-order valence-electron chi connectivity index (χ0n) is 17.4. The number of carbonyl (C=O) groups excluding carboxylic acids is 1. The minimum Gasteiger partial charge on any atom is -0.354 e. The number of hydrogen-bond acceptors (Lipinski definition) is 5. The van der Waals surface area contributed by atoms with Crippen LogP contribution in [0.2, 0.25) is 5.02 Å². The lowest BCUT2D eigenvalue weighted by Gasteiger charge is -2.33. The molecule has 1 saturated heterocycles. The van der Waals surface area contributed by atoms with Crippen molar-refractivity contribution in [1.82, 2.24) is 15.3 Å². The first-order valence-electron chi connectivity index (χ1n) is 10.4. The van der Waals surface area contributed by atoms with E-state index in [9.17, 15) is 4.79 Å². The van der Waals surface area contributed by atoms with Crippen molar-refractivity contribution in [3.05, 3.63) is 77.1 Å². The lowest BCUT2D eigenvalue weighted by Crippen LogP contribution is -2.43. The molecule has 0 aliphatic carbocycles. The minimum atomic E-state index is -0.0875. The molecular formula is C24H25ClN4OS. The van der Waals surface area contributed by atoms with Gasteiger partial charge in [-0.15, -0.1) is 0 Å². The van der Waals surface area contributed by atoms with Gasteiger partial charge in [0, 0.05) is 41.9 Å². The maximum Gasteiger partial charge on any atom is 0.225 e. The van der Waals surface area contributed by atoms with Gasteiger partial charge >= 0.3 is 0 Å². The molecule has 0 bridgehead atoms. The van der Waals surface area contributed by atoms with Crippen LogP contribution in [0.25, 0.3) is 0 Å². The van der Waals surface area contributed by atoms with Gasteiger partial charge in [0.2, 0.25) is 5.91 Å². The molecule has 1 atom stereocenters. The third kappa shape index (κ3) is 5.57. The first kappa shape index (κ1) is 21.7. The largest absolute Gasteiger partial charge is 0.354 e. The molecule has 1 aromatic heterocycles. The van der Waals surface area contributed by atoms with Crippen LogP contribution >= 0.6 is 23.4 Å². The van der Waals surface area contributed by atoms with Crippen LogP contribution in [0.1, 0.15) is 24.0 Å². The molecule has 1 aliphatic heterocycles. The molecule has 1 N–H and O–H groups in total. The lowest BCUT2D eigenvalue weighted by molar-refractivity contribution is -0.125. The Bertz CT molecular complexity index is 1040. The Morgan fingerprint density at radius 1 is 1.16 bits per heavy atom. The molecule has 0 saturated carbocycles. The van der Waals surface area contributed by atoms with Gasteiger partial charge in [-0.25, -0.2) is 9.97 Å². The third-order valence-electron chi connectivity index (χ3n) is 5.38. The molecule has 1 amide bonds.